The van der Waals surface area contributed by atoms with Gasteiger partial charge in [0.05, 0.1) is 5.71 Å². The molecule has 92 valence electrons. The molecule has 0 fully saturated rings. The number of halogens is 1. The van der Waals surface area contributed by atoms with Crippen molar-refractivity contribution in [3.8, 4) is 0 Å². The fourth-order valence-corrected chi connectivity index (χ4v) is 2.62. The van der Waals surface area contributed by atoms with Crippen LogP contribution in [0, 0.1) is 0 Å². The Morgan fingerprint density at radius 1 is 1.17 bits per heavy atom. The van der Waals surface area contributed by atoms with E-state index in [1.807, 2.05) is 0 Å². The zero-order valence-electron chi connectivity index (χ0n) is 10.6. The van der Waals surface area contributed by atoms with Crippen molar-refractivity contribution in [2.75, 3.05) is 0 Å². The van der Waals surface area contributed by atoms with Crippen LogP contribution in [0.15, 0.2) is 46.9 Å². The minimum absolute atomic E-state index is 0.309. The number of hydrogen-bond acceptors (Lipinski definition) is 1. The number of allylic oxidation sites excluding steroid dienone is 2. The fourth-order valence-electron chi connectivity index (χ4n) is 2.62. The van der Waals surface area contributed by atoms with Gasteiger partial charge in [0, 0.05) is 6.42 Å². The minimum Gasteiger partial charge on any atom is -0.224 e. The van der Waals surface area contributed by atoms with Gasteiger partial charge in [-0.05, 0) is 54.5 Å². The molecule has 0 N–H and O–H groups in total. The topological polar surface area (TPSA) is 12.4 Å². The van der Waals surface area contributed by atoms with Crippen LogP contribution in [-0.4, -0.2) is 5.71 Å². The van der Waals surface area contributed by atoms with Crippen LogP contribution in [0.3, 0.4) is 0 Å². The predicted molar refractivity (Wildman–Crippen MR) is 72.6 cm³/mol. The largest absolute Gasteiger partial charge is 0.224 e. The van der Waals surface area contributed by atoms with Gasteiger partial charge >= 0.3 is 0 Å². The molecule has 0 unspecified atom stereocenters. The summed E-state index contributed by atoms with van der Waals surface area (Å²) in [6, 6.07) is 6.37. The van der Waals surface area contributed by atoms with Crippen LogP contribution in [0.2, 0.25) is 0 Å². The predicted octanol–water partition coefficient (Wildman–Crippen LogP) is 4.13. The molecule has 2 heteroatoms. The zero-order valence-corrected chi connectivity index (χ0v) is 10.6. The summed E-state index contributed by atoms with van der Waals surface area (Å²) in [6.45, 7) is 5.85. The van der Waals surface area contributed by atoms with Crippen molar-refractivity contribution < 1.29 is 4.39 Å². The molecule has 1 nitrogen and oxygen atoms in total. The first-order valence-electron chi connectivity index (χ1n) is 6.35. The zero-order chi connectivity index (χ0) is 12.7. The Labute approximate surface area is 107 Å². The Kier molecular flexibility index (Phi) is 2.66. The molecule has 1 aromatic carbocycles. The van der Waals surface area contributed by atoms with Crippen molar-refractivity contribution in [2.45, 2.75) is 32.6 Å². The standard InChI is InChI=1S/C16H16FN/c1-10-3-4-13-9-14(6-5-12(13)7-10)15-8-11(2)16(17)18-15/h5-6,9H,1,3-4,7-8H2,2H3. The monoisotopic (exact) mass is 241 g/mol. The van der Waals surface area contributed by atoms with E-state index in [0.717, 1.165) is 36.1 Å². The number of benzene rings is 1. The third kappa shape index (κ3) is 1.92. The molecule has 0 amide bonds. The summed E-state index contributed by atoms with van der Waals surface area (Å²) in [7, 11) is 0. The molecule has 2 aliphatic rings. The highest BCUT2D eigenvalue weighted by Gasteiger charge is 2.18. The van der Waals surface area contributed by atoms with Crippen LogP contribution in [0.4, 0.5) is 4.39 Å². The summed E-state index contributed by atoms with van der Waals surface area (Å²) < 4.78 is 13.3. The summed E-state index contributed by atoms with van der Waals surface area (Å²) in [5.74, 6) is -0.309. The second kappa shape index (κ2) is 4.20. The second-order valence-electron chi connectivity index (χ2n) is 5.22. The highest BCUT2D eigenvalue weighted by molar-refractivity contribution is 6.04. The molecular formula is C16H16FN. The van der Waals surface area contributed by atoms with Gasteiger partial charge in [0.15, 0.2) is 0 Å². The molecule has 1 heterocycles. The first kappa shape index (κ1) is 11.4. The number of nitrogens with zero attached hydrogens (tertiary/aromatic N) is 1. The van der Waals surface area contributed by atoms with Gasteiger partial charge in [-0.25, -0.2) is 4.99 Å². The van der Waals surface area contributed by atoms with E-state index in [-0.39, 0.29) is 5.95 Å². The summed E-state index contributed by atoms with van der Waals surface area (Å²) in [4.78, 5) is 4.02. The molecule has 0 atom stereocenters. The molecule has 0 aromatic heterocycles. The lowest BCUT2D eigenvalue weighted by atomic mass is 9.87. The normalized spacial score (nSPS) is 19.0. The molecule has 0 bridgehead atoms. The van der Waals surface area contributed by atoms with Crippen LogP contribution in [-0.2, 0) is 12.8 Å². The Hall–Kier alpha value is -1.70. The average Bonchev–Trinajstić information content (AvgIpc) is 2.69. The van der Waals surface area contributed by atoms with E-state index in [4.69, 9.17) is 0 Å². The van der Waals surface area contributed by atoms with E-state index >= 15 is 0 Å². The van der Waals surface area contributed by atoms with Crippen molar-refractivity contribution >= 4 is 5.71 Å². The third-order valence-corrected chi connectivity index (χ3v) is 3.75. The Balaban J connectivity index is 1.93. The summed E-state index contributed by atoms with van der Waals surface area (Å²) >= 11 is 0. The third-order valence-electron chi connectivity index (χ3n) is 3.75. The maximum Gasteiger partial charge on any atom is 0.212 e. The van der Waals surface area contributed by atoms with Gasteiger partial charge in [0.1, 0.15) is 0 Å². The second-order valence-corrected chi connectivity index (χ2v) is 5.22. The van der Waals surface area contributed by atoms with Crippen LogP contribution in [0.5, 0.6) is 0 Å². The molecule has 18 heavy (non-hydrogen) atoms. The number of aryl methyl sites for hydroxylation is 1. The lowest BCUT2D eigenvalue weighted by Crippen LogP contribution is -2.07. The van der Waals surface area contributed by atoms with Gasteiger partial charge < -0.3 is 0 Å². The molecule has 0 saturated carbocycles. The lowest BCUT2D eigenvalue weighted by Gasteiger charge is -2.18. The molecule has 0 spiro atoms. The van der Waals surface area contributed by atoms with Crippen molar-refractivity contribution in [1.29, 1.82) is 0 Å². The molecule has 1 aliphatic heterocycles. The number of fused-ring (bicyclic) bond motifs is 1. The summed E-state index contributed by atoms with van der Waals surface area (Å²) in [6.07, 6.45) is 3.73. The van der Waals surface area contributed by atoms with Crippen molar-refractivity contribution in [3.63, 3.8) is 0 Å². The van der Waals surface area contributed by atoms with E-state index in [1.165, 1.54) is 16.7 Å². The van der Waals surface area contributed by atoms with Crippen LogP contribution in [0.1, 0.15) is 36.5 Å². The average molecular weight is 241 g/mol. The van der Waals surface area contributed by atoms with Crippen molar-refractivity contribution in [3.05, 3.63) is 58.6 Å². The molecular weight excluding hydrogens is 225 g/mol. The molecule has 1 aromatic rings. The van der Waals surface area contributed by atoms with Crippen LogP contribution >= 0.6 is 0 Å². The van der Waals surface area contributed by atoms with Gasteiger partial charge in [-0.15, -0.1) is 0 Å². The Morgan fingerprint density at radius 2 is 2.00 bits per heavy atom. The van der Waals surface area contributed by atoms with Gasteiger partial charge in [0.25, 0.3) is 0 Å². The van der Waals surface area contributed by atoms with Gasteiger partial charge in [-0.1, -0.05) is 24.3 Å². The number of rotatable bonds is 1. The van der Waals surface area contributed by atoms with E-state index in [2.05, 4.69) is 29.8 Å². The molecule has 1 aliphatic carbocycles. The SMILES string of the molecule is C=C1CCc2cc(C3=NC(F)=C(C)C3)ccc2C1. The highest BCUT2D eigenvalue weighted by atomic mass is 19.1. The van der Waals surface area contributed by atoms with Gasteiger partial charge in [-0.3, -0.25) is 0 Å². The number of aliphatic imine (C=N–C) groups is 1. The van der Waals surface area contributed by atoms with Gasteiger partial charge in [0.2, 0.25) is 5.95 Å². The van der Waals surface area contributed by atoms with E-state index < -0.39 is 0 Å². The molecule has 0 saturated heterocycles. The molecule has 3 rings (SSSR count). The van der Waals surface area contributed by atoms with Gasteiger partial charge in [-0.2, -0.15) is 4.39 Å². The van der Waals surface area contributed by atoms with E-state index in [0.29, 0.717) is 6.42 Å². The highest BCUT2D eigenvalue weighted by Crippen LogP contribution is 2.28. The van der Waals surface area contributed by atoms with Crippen LogP contribution < -0.4 is 0 Å². The van der Waals surface area contributed by atoms with Crippen molar-refractivity contribution in [1.82, 2.24) is 0 Å². The van der Waals surface area contributed by atoms with E-state index in [9.17, 15) is 4.39 Å². The Morgan fingerprint density at radius 3 is 2.72 bits per heavy atom. The van der Waals surface area contributed by atoms with Crippen LogP contribution in [0.25, 0.3) is 0 Å². The number of hydrogen-bond donors (Lipinski definition) is 0. The maximum atomic E-state index is 13.3. The maximum absolute atomic E-state index is 13.3. The summed E-state index contributed by atoms with van der Waals surface area (Å²) in [5, 5.41) is 0. The lowest BCUT2D eigenvalue weighted by molar-refractivity contribution is 0.622. The van der Waals surface area contributed by atoms with E-state index in [1.54, 1.807) is 6.92 Å². The fraction of sp³-hybridized carbons (Fsp3) is 0.312. The summed E-state index contributed by atoms with van der Waals surface area (Å²) in [5.41, 5.74) is 6.69. The first-order chi connectivity index (χ1) is 8.63. The first-order valence-corrected chi connectivity index (χ1v) is 6.35. The Bertz CT molecular complexity index is 593. The quantitative estimate of drug-likeness (QED) is 0.518. The molecule has 0 radical (unpaired) electrons. The minimum atomic E-state index is -0.309. The smallest absolute Gasteiger partial charge is 0.212 e. The van der Waals surface area contributed by atoms with Crippen molar-refractivity contribution in [2.24, 2.45) is 4.99 Å².